The van der Waals surface area contributed by atoms with Gasteiger partial charge in [-0.2, -0.15) is 0 Å². The normalized spacial score (nSPS) is 35.0. The summed E-state index contributed by atoms with van der Waals surface area (Å²) in [7, 11) is -8.78. The van der Waals surface area contributed by atoms with Crippen LogP contribution in [0, 0.1) is 36.5 Å². The Balaban J connectivity index is 1.15. The predicted molar refractivity (Wildman–Crippen MR) is 334 cm³/mol. The Morgan fingerprint density at radius 3 is 2.06 bits per heavy atom. The zero-order valence-corrected chi connectivity index (χ0v) is 57.0. The standard InChI is InChI=1S/C64H107IO12SSi2/c1-19-39(2)34-54-44(7)58(56(74-54)38-55-43(6)41(4)35-46(72-55)22-27-51-42(5)36-47(71-51)24-29-57-69-32-33-70-57)62(78(67,68)49-25-20-40(3)21-26-49)50(66)37-48-23-28-52-59(73-48)45(8)60(77-80(17,18)64(12,13)14)61(75-52)53(30-31-65)76-79(15,16)63(9,10)11/h20-21,25-26,30-31,39,41,44-48,50-62,66H,5-6,19,22-24,27-29,32-38H2,1-4,7-18H3/b31-30+/t39-,41+,44-,45+,46+,47+,48-,50?,51+,52+,53+,54-,55-,56+,58-,59+,60+,61-,62?/m1/s1. The minimum Gasteiger partial charge on any atom is -0.411 e. The molecular weight excluding hydrogens is 1180 g/mol. The molecule has 6 fully saturated rings. The van der Waals surface area contributed by atoms with Gasteiger partial charge in [0, 0.05) is 31.1 Å². The quantitative estimate of drug-likeness (QED) is 0.0634. The van der Waals surface area contributed by atoms with Crippen molar-refractivity contribution in [3.63, 3.8) is 0 Å². The largest absolute Gasteiger partial charge is 0.411 e. The van der Waals surface area contributed by atoms with E-state index >= 15 is 8.42 Å². The molecule has 6 heterocycles. The second kappa shape index (κ2) is 27.5. The molecule has 19 atom stereocenters. The number of hydrogen-bond acceptors (Lipinski definition) is 12. The third-order valence-corrected chi connectivity index (χ3v) is 32.1. The van der Waals surface area contributed by atoms with E-state index in [4.69, 9.17) is 42.0 Å². The van der Waals surface area contributed by atoms with Gasteiger partial charge in [-0.15, -0.1) is 0 Å². The molecule has 0 aliphatic carbocycles. The second-order valence-electron chi connectivity index (χ2n) is 28.5. The maximum atomic E-state index is 15.7. The Morgan fingerprint density at radius 2 is 1.44 bits per heavy atom. The average molecular weight is 1280 g/mol. The highest BCUT2D eigenvalue weighted by Gasteiger charge is 2.57. The van der Waals surface area contributed by atoms with Crippen LogP contribution in [0.5, 0.6) is 0 Å². The molecule has 1 aromatic rings. The fourth-order valence-electron chi connectivity index (χ4n) is 13.1. The smallest absolute Gasteiger partial charge is 0.193 e. The minimum atomic E-state index is -4.16. The van der Waals surface area contributed by atoms with Crippen molar-refractivity contribution in [2.45, 2.75) is 292 Å². The lowest BCUT2D eigenvalue weighted by atomic mass is 9.77. The van der Waals surface area contributed by atoms with E-state index in [2.05, 4.69) is 144 Å². The van der Waals surface area contributed by atoms with Crippen LogP contribution in [0.4, 0.5) is 0 Å². The fourth-order valence-corrected chi connectivity index (χ4v) is 18.3. The Hall–Kier alpha value is -0.846. The van der Waals surface area contributed by atoms with Crippen LogP contribution >= 0.6 is 22.6 Å². The monoisotopic (exact) mass is 1280 g/mol. The summed E-state index contributed by atoms with van der Waals surface area (Å²) in [6.07, 6.45) is 6.32. The molecule has 12 nitrogen and oxygen atoms in total. The van der Waals surface area contributed by atoms with E-state index in [1.807, 2.05) is 23.1 Å². The molecule has 2 unspecified atom stereocenters. The van der Waals surface area contributed by atoms with Gasteiger partial charge in [-0.05, 0) is 146 Å². The molecule has 1 aromatic carbocycles. The molecule has 7 rings (SSSR count). The van der Waals surface area contributed by atoms with Crippen LogP contribution in [0.3, 0.4) is 0 Å². The van der Waals surface area contributed by atoms with Crippen LogP contribution in [0.25, 0.3) is 0 Å². The number of sulfone groups is 1. The van der Waals surface area contributed by atoms with Crippen molar-refractivity contribution >= 4 is 49.1 Å². The summed E-state index contributed by atoms with van der Waals surface area (Å²) in [5.74, 6) is -0.272. The van der Waals surface area contributed by atoms with E-state index in [0.29, 0.717) is 38.4 Å². The molecule has 0 aromatic heterocycles. The average Bonchev–Trinajstić information content (AvgIpc) is 4.26. The molecule has 0 amide bonds. The lowest BCUT2D eigenvalue weighted by Gasteiger charge is -2.54. The first kappa shape index (κ1) is 66.7. The van der Waals surface area contributed by atoms with E-state index in [9.17, 15) is 5.11 Å². The van der Waals surface area contributed by atoms with Crippen LogP contribution in [-0.2, 0) is 51.8 Å². The van der Waals surface area contributed by atoms with E-state index in [-0.39, 0.29) is 106 Å². The van der Waals surface area contributed by atoms with Gasteiger partial charge in [-0.25, -0.2) is 8.42 Å². The van der Waals surface area contributed by atoms with Crippen molar-refractivity contribution in [2.24, 2.45) is 29.6 Å². The van der Waals surface area contributed by atoms with Crippen LogP contribution in [-0.4, -0.2) is 134 Å². The molecule has 0 spiro atoms. The van der Waals surface area contributed by atoms with Gasteiger partial charge in [0.15, 0.2) is 32.8 Å². The van der Waals surface area contributed by atoms with Crippen molar-refractivity contribution in [1.29, 1.82) is 0 Å². The number of ether oxygens (including phenoxy) is 7. The van der Waals surface area contributed by atoms with Crippen molar-refractivity contribution in [3.05, 3.63) is 64.3 Å². The Morgan fingerprint density at radius 1 is 0.800 bits per heavy atom. The summed E-state index contributed by atoms with van der Waals surface area (Å²) < 4.78 is 94.8. The zero-order valence-electron chi connectivity index (χ0n) is 52.0. The third kappa shape index (κ3) is 15.8. The first-order chi connectivity index (χ1) is 37.3. The first-order valence-electron chi connectivity index (χ1n) is 30.8. The van der Waals surface area contributed by atoms with E-state index in [1.54, 1.807) is 12.1 Å². The van der Waals surface area contributed by atoms with Crippen LogP contribution in [0.2, 0.25) is 36.3 Å². The topological polar surface area (TPSA) is 137 Å². The van der Waals surface area contributed by atoms with Crippen LogP contribution in [0.15, 0.2) is 63.6 Å². The Labute approximate surface area is 500 Å². The van der Waals surface area contributed by atoms with E-state index < -0.39 is 56.0 Å². The number of benzene rings is 1. The summed E-state index contributed by atoms with van der Waals surface area (Å²) >= 11 is 2.29. The van der Waals surface area contributed by atoms with Gasteiger partial charge in [0.05, 0.1) is 96.6 Å². The molecule has 0 saturated carbocycles. The molecule has 1 N–H and O–H groups in total. The Bertz CT molecular complexity index is 2330. The van der Waals surface area contributed by atoms with Crippen molar-refractivity contribution < 1.29 is 55.5 Å². The van der Waals surface area contributed by atoms with E-state index in [0.717, 1.165) is 68.1 Å². The number of halogens is 1. The van der Waals surface area contributed by atoms with Gasteiger partial charge < -0.3 is 47.1 Å². The third-order valence-electron chi connectivity index (χ3n) is 20.5. The van der Waals surface area contributed by atoms with Gasteiger partial charge in [-0.3, -0.25) is 0 Å². The Kier molecular flexibility index (Phi) is 22.9. The summed E-state index contributed by atoms with van der Waals surface area (Å²) in [5, 5.41) is 11.8. The van der Waals surface area contributed by atoms with E-state index in [1.165, 1.54) is 0 Å². The number of aliphatic hydroxyl groups is 1. The lowest BCUT2D eigenvalue weighted by molar-refractivity contribution is -0.253. The predicted octanol–water partition coefficient (Wildman–Crippen LogP) is 14.4. The molecule has 0 radical (unpaired) electrons. The molecule has 6 aliphatic rings. The molecule has 80 heavy (non-hydrogen) atoms. The number of rotatable bonds is 23. The van der Waals surface area contributed by atoms with Gasteiger partial charge in [0.1, 0.15) is 6.10 Å². The maximum absolute atomic E-state index is 15.7. The molecule has 16 heteroatoms. The highest BCUT2D eigenvalue weighted by Crippen LogP contribution is 2.49. The SMILES string of the molecule is C=C1C[C@H](CCC2OCCO2)O[C@H]1CC[C@H]1C[C@H](C)C(=C)[C@@H](C[C@@H]2O[C@H](C[C@H](C)CC)[C@@H](C)[C@H]2C(C(O)C[C@H]2CC[C@@H]3O[C@H]([C@H](/C=C/I)O[Si](C)(C)C(C)(C)C)[C@@H](O[Si](C)(C)C(C)(C)C)[C@@H](C)[C@@H]3O2)S(=O)(=O)c2ccc(C)cc2)O1. The zero-order chi connectivity index (χ0) is 58.9. The first-order valence-corrected chi connectivity index (χ1v) is 39.4. The number of fused-ring (bicyclic) bond motifs is 1. The molecule has 6 aliphatic heterocycles. The van der Waals surface area contributed by atoms with Crippen molar-refractivity contribution in [1.82, 2.24) is 0 Å². The lowest BCUT2D eigenvalue weighted by Crippen LogP contribution is -2.64. The minimum absolute atomic E-state index is 0.0129. The molecule has 0 bridgehead atoms. The number of aliphatic hydroxyl groups excluding tert-OH is 1. The van der Waals surface area contributed by atoms with Crippen molar-refractivity contribution in [3.8, 4) is 0 Å². The second-order valence-corrected chi connectivity index (χ2v) is 40.8. The van der Waals surface area contributed by atoms with Gasteiger partial charge >= 0.3 is 0 Å². The number of aryl methyl sites for hydroxylation is 1. The maximum Gasteiger partial charge on any atom is 0.193 e. The molecule has 6 saturated heterocycles. The summed E-state index contributed by atoms with van der Waals surface area (Å²) in [6, 6.07) is 7.11. The number of hydrogen-bond donors (Lipinski definition) is 1. The highest BCUT2D eigenvalue weighted by atomic mass is 127. The van der Waals surface area contributed by atoms with Crippen LogP contribution < -0.4 is 0 Å². The molecule has 456 valence electrons. The summed E-state index contributed by atoms with van der Waals surface area (Å²) in [6.45, 7) is 46.1. The van der Waals surface area contributed by atoms with Crippen LogP contribution in [0.1, 0.15) is 159 Å². The molecular formula is C64H107IO12SSi2. The fraction of sp³-hybridized carbons (Fsp3) is 0.812. The van der Waals surface area contributed by atoms with Gasteiger partial charge in [0.2, 0.25) is 0 Å². The van der Waals surface area contributed by atoms with Gasteiger partial charge in [0.25, 0.3) is 0 Å². The van der Waals surface area contributed by atoms with Crippen molar-refractivity contribution in [2.75, 3.05) is 13.2 Å². The van der Waals surface area contributed by atoms with Gasteiger partial charge in [-0.1, -0.05) is 136 Å². The highest BCUT2D eigenvalue weighted by molar-refractivity contribution is 14.1. The summed E-state index contributed by atoms with van der Waals surface area (Å²) in [4.78, 5) is 0.208. The summed E-state index contributed by atoms with van der Waals surface area (Å²) in [5.41, 5.74) is 3.10.